The minimum atomic E-state index is -0.868. The lowest BCUT2D eigenvalue weighted by atomic mass is 9.54. The zero-order valence-electron chi connectivity index (χ0n) is 13.9. The summed E-state index contributed by atoms with van der Waals surface area (Å²) < 4.78 is 5.65. The molecule has 1 aromatic carbocycles. The summed E-state index contributed by atoms with van der Waals surface area (Å²) in [7, 11) is 0. The van der Waals surface area contributed by atoms with E-state index in [1.807, 2.05) is 45.0 Å². The normalized spacial score (nSPS) is 25.2. The molecule has 0 bridgehead atoms. The van der Waals surface area contributed by atoms with Crippen molar-refractivity contribution in [1.82, 2.24) is 5.32 Å². The lowest BCUT2D eigenvalue weighted by Crippen LogP contribution is -2.75. The van der Waals surface area contributed by atoms with E-state index in [0.29, 0.717) is 26.0 Å². The van der Waals surface area contributed by atoms with Gasteiger partial charge in [-0.1, -0.05) is 43.6 Å². The van der Waals surface area contributed by atoms with Crippen LogP contribution in [0.15, 0.2) is 24.3 Å². The van der Waals surface area contributed by atoms with E-state index in [4.69, 9.17) is 22.1 Å². The van der Waals surface area contributed by atoms with Gasteiger partial charge in [-0.25, -0.2) is 0 Å². The Balaban J connectivity index is 0.00000264. The van der Waals surface area contributed by atoms with E-state index >= 15 is 0 Å². The van der Waals surface area contributed by atoms with Gasteiger partial charge in [0.2, 0.25) is 5.91 Å². The summed E-state index contributed by atoms with van der Waals surface area (Å²) in [5.74, 6) is -0.111. The first-order valence-corrected chi connectivity index (χ1v) is 8.13. The molecule has 4 nitrogen and oxygen atoms in total. The molecule has 0 aromatic heterocycles. The molecule has 0 spiro atoms. The summed E-state index contributed by atoms with van der Waals surface area (Å²) >= 11 is 6.11. The number of carbonyl (C=O) groups is 1. The molecule has 2 unspecified atom stereocenters. The van der Waals surface area contributed by atoms with Gasteiger partial charge in [0.1, 0.15) is 5.54 Å². The lowest BCUT2D eigenvalue weighted by molar-refractivity contribution is -0.170. The molecule has 0 saturated heterocycles. The molecular weight excluding hydrogens is 335 g/mol. The van der Waals surface area contributed by atoms with Crippen LogP contribution < -0.4 is 11.1 Å². The Morgan fingerprint density at radius 1 is 1.43 bits per heavy atom. The van der Waals surface area contributed by atoms with E-state index in [-0.39, 0.29) is 29.8 Å². The zero-order chi connectivity index (χ0) is 16.4. The van der Waals surface area contributed by atoms with Crippen molar-refractivity contribution >= 4 is 29.9 Å². The van der Waals surface area contributed by atoms with Crippen molar-refractivity contribution in [3.8, 4) is 0 Å². The molecule has 3 N–H and O–H groups in total. The highest BCUT2D eigenvalue weighted by Crippen LogP contribution is 2.49. The van der Waals surface area contributed by atoms with Crippen LogP contribution in [0.3, 0.4) is 0 Å². The molecular formula is C17H26Cl2N2O2. The second kappa shape index (κ2) is 7.84. The van der Waals surface area contributed by atoms with Gasteiger partial charge in [-0.05, 0) is 25.0 Å². The Morgan fingerprint density at radius 3 is 2.65 bits per heavy atom. The highest BCUT2D eigenvalue weighted by molar-refractivity contribution is 6.31. The predicted octanol–water partition coefficient (Wildman–Crippen LogP) is 2.95. The molecule has 1 fully saturated rings. The monoisotopic (exact) mass is 360 g/mol. The fourth-order valence-electron chi connectivity index (χ4n) is 2.99. The molecule has 23 heavy (non-hydrogen) atoms. The van der Waals surface area contributed by atoms with Crippen molar-refractivity contribution in [1.29, 1.82) is 0 Å². The highest BCUT2D eigenvalue weighted by atomic mass is 35.5. The van der Waals surface area contributed by atoms with Gasteiger partial charge in [0.25, 0.3) is 0 Å². The number of hydrogen-bond donors (Lipinski definition) is 2. The average Bonchev–Trinajstić information content (AvgIpc) is 2.48. The van der Waals surface area contributed by atoms with Crippen molar-refractivity contribution < 1.29 is 9.53 Å². The van der Waals surface area contributed by atoms with E-state index in [2.05, 4.69) is 5.32 Å². The van der Waals surface area contributed by atoms with Crippen LogP contribution in [0.25, 0.3) is 0 Å². The van der Waals surface area contributed by atoms with Gasteiger partial charge in [-0.2, -0.15) is 0 Å². The Labute approximate surface area is 149 Å². The third-order valence-corrected chi connectivity index (χ3v) is 5.24. The van der Waals surface area contributed by atoms with Gasteiger partial charge in [0.15, 0.2) is 0 Å². The molecule has 1 aliphatic carbocycles. The van der Waals surface area contributed by atoms with Crippen molar-refractivity contribution in [3.63, 3.8) is 0 Å². The summed E-state index contributed by atoms with van der Waals surface area (Å²) in [6.45, 7) is 7.10. The number of halogens is 2. The van der Waals surface area contributed by atoms with Gasteiger partial charge in [0, 0.05) is 30.0 Å². The number of nitrogens with one attached hydrogen (secondary N) is 1. The molecule has 0 radical (unpaired) electrons. The maximum Gasteiger partial charge on any atom is 0.240 e. The predicted molar refractivity (Wildman–Crippen MR) is 96.1 cm³/mol. The van der Waals surface area contributed by atoms with Crippen LogP contribution in [0, 0.1) is 5.41 Å². The fraction of sp³-hybridized carbons (Fsp3) is 0.588. The Bertz CT molecular complexity index is 551. The van der Waals surface area contributed by atoms with E-state index in [9.17, 15) is 4.79 Å². The first-order valence-electron chi connectivity index (χ1n) is 7.75. The number of rotatable bonds is 6. The quantitative estimate of drug-likeness (QED) is 0.819. The first-order chi connectivity index (χ1) is 10.3. The van der Waals surface area contributed by atoms with Gasteiger partial charge in [0.05, 0.1) is 6.10 Å². The number of carbonyl (C=O) groups excluding carboxylic acids is 1. The average molecular weight is 361 g/mol. The third-order valence-electron chi connectivity index (χ3n) is 4.87. The summed E-state index contributed by atoms with van der Waals surface area (Å²) in [6, 6.07) is 7.65. The van der Waals surface area contributed by atoms with E-state index in [1.54, 1.807) is 0 Å². The third kappa shape index (κ3) is 3.82. The largest absolute Gasteiger partial charge is 0.378 e. The van der Waals surface area contributed by atoms with Crippen LogP contribution in [0.4, 0.5) is 0 Å². The van der Waals surface area contributed by atoms with Crippen LogP contribution in [0.1, 0.15) is 32.8 Å². The van der Waals surface area contributed by atoms with Crippen LogP contribution in [-0.4, -0.2) is 30.7 Å². The number of hydrogen-bond acceptors (Lipinski definition) is 3. The molecule has 1 aromatic rings. The molecule has 1 aliphatic rings. The van der Waals surface area contributed by atoms with Crippen molar-refractivity contribution in [2.24, 2.45) is 11.1 Å². The topological polar surface area (TPSA) is 64.3 Å². The van der Waals surface area contributed by atoms with Crippen LogP contribution in [-0.2, 0) is 16.0 Å². The molecule has 2 atom stereocenters. The minimum absolute atomic E-state index is 0. The Hall–Kier alpha value is -0.810. The van der Waals surface area contributed by atoms with Crippen LogP contribution in [0.5, 0.6) is 0 Å². The van der Waals surface area contributed by atoms with E-state index in [0.717, 1.165) is 10.6 Å². The summed E-state index contributed by atoms with van der Waals surface area (Å²) in [6.07, 6.45) is 1.29. The Kier molecular flexibility index (Phi) is 6.90. The lowest BCUT2D eigenvalue weighted by Gasteiger charge is -2.57. The molecule has 6 heteroatoms. The second-order valence-corrected chi connectivity index (χ2v) is 6.85. The number of ether oxygens (including phenoxy) is 1. The summed E-state index contributed by atoms with van der Waals surface area (Å²) in [5, 5.41) is 3.66. The van der Waals surface area contributed by atoms with Crippen molar-refractivity contribution in [2.75, 3.05) is 13.2 Å². The summed E-state index contributed by atoms with van der Waals surface area (Å²) in [4.78, 5) is 12.5. The van der Waals surface area contributed by atoms with Gasteiger partial charge < -0.3 is 15.8 Å². The summed E-state index contributed by atoms with van der Waals surface area (Å²) in [5.41, 5.74) is 6.13. The van der Waals surface area contributed by atoms with E-state index in [1.165, 1.54) is 0 Å². The smallest absolute Gasteiger partial charge is 0.240 e. The molecule has 1 saturated carbocycles. The molecule has 0 heterocycles. The van der Waals surface area contributed by atoms with Gasteiger partial charge in [-0.15, -0.1) is 12.4 Å². The Morgan fingerprint density at radius 2 is 2.09 bits per heavy atom. The maximum atomic E-state index is 12.5. The van der Waals surface area contributed by atoms with Crippen LogP contribution >= 0.6 is 24.0 Å². The SMILES string of the molecule is CCOC1CC(N)(C(=O)NCCc2ccccc2Cl)C1(C)C.Cl. The fourth-order valence-corrected chi connectivity index (χ4v) is 3.22. The minimum Gasteiger partial charge on any atom is -0.378 e. The first kappa shape index (κ1) is 20.2. The molecule has 130 valence electrons. The second-order valence-electron chi connectivity index (χ2n) is 6.44. The standard InChI is InChI=1S/C17H25ClN2O2.ClH/c1-4-22-14-11-17(19,16(14,2)3)15(21)20-10-9-12-7-5-6-8-13(12)18;/h5-8,14H,4,9-11,19H2,1-3H3,(H,20,21);1H. The number of nitrogens with two attached hydrogens (primary N) is 1. The zero-order valence-corrected chi connectivity index (χ0v) is 15.5. The maximum absolute atomic E-state index is 12.5. The van der Waals surface area contributed by atoms with Gasteiger partial charge in [-0.3, -0.25) is 4.79 Å². The highest BCUT2D eigenvalue weighted by Gasteiger charge is 2.62. The van der Waals surface area contributed by atoms with Gasteiger partial charge >= 0.3 is 0 Å². The number of benzene rings is 1. The van der Waals surface area contributed by atoms with E-state index < -0.39 is 5.54 Å². The molecule has 0 aliphatic heterocycles. The van der Waals surface area contributed by atoms with Crippen molar-refractivity contribution in [3.05, 3.63) is 34.9 Å². The number of amides is 1. The van der Waals surface area contributed by atoms with Crippen molar-refractivity contribution in [2.45, 2.75) is 45.3 Å². The molecule has 1 amide bonds. The molecule has 2 rings (SSSR count). The van der Waals surface area contributed by atoms with Crippen LogP contribution in [0.2, 0.25) is 5.02 Å².